The summed E-state index contributed by atoms with van der Waals surface area (Å²) in [6.45, 7) is 7.37. The van der Waals surface area contributed by atoms with Gasteiger partial charge in [-0.2, -0.15) is 0 Å². The van der Waals surface area contributed by atoms with Gasteiger partial charge in [-0.3, -0.25) is 14.5 Å². The lowest BCUT2D eigenvalue weighted by molar-refractivity contribution is -0.140. The fraction of sp³-hybridized carbons (Fsp3) is 0.500. The molecule has 0 radical (unpaired) electrons. The van der Waals surface area contributed by atoms with Gasteiger partial charge in [-0.1, -0.05) is 19.6 Å². The van der Waals surface area contributed by atoms with Crippen molar-refractivity contribution in [3.63, 3.8) is 0 Å². The average Bonchev–Trinajstić information content (AvgIpc) is 2.80. The summed E-state index contributed by atoms with van der Waals surface area (Å²) in [4.78, 5) is 37.7. The maximum Gasteiger partial charge on any atom is 0.416 e. The lowest BCUT2D eigenvalue weighted by atomic mass is 10.1. The van der Waals surface area contributed by atoms with Gasteiger partial charge < -0.3 is 29.4 Å². The Labute approximate surface area is 188 Å². The number of rotatable bonds is 13. The first-order chi connectivity index (χ1) is 15.3. The summed E-state index contributed by atoms with van der Waals surface area (Å²) in [7, 11) is 2.71. The largest absolute Gasteiger partial charge is 0.493 e. The van der Waals surface area contributed by atoms with Gasteiger partial charge in [-0.25, -0.2) is 4.79 Å². The Morgan fingerprint density at radius 3 is 2.50 bits per heavy atom. The highest BCUT2D eigenvalue weighted by molar-refractivity contribution is 6.04. The van der Waals surface area contributed by atoms with E-state index < -0.39 is 18.2 Å². The highest BCUT2D eigenvalue weighted by atomic mass is 16.6. The molecule has 0 saturated heterocycles. The summed E-state index contributed by atoms with van der Waals surface area (Å²) < 4.78 is 20.8. The van der Waals surface area contributed by atoms with E-state index in [0.717, 1.165) is 4.90 Å². The summed E-state index contributed by atoms with van der Waals surface area (Å²) >= 11 is 0. The fourth-order valence-corrected chi connectivity index (χ4v) is 2.72. The second-order valence-electron chi connectivity index (χ2n) is 6.53. The van der Waals surface area contributed by atoms with Crippen LogP contribution in [-0.2, 0) is 14.3 Å². The van der Waals surface area contributed by atoms with E-state index in [1.807, 2.05) is 0 Å². The number of methoxy groups -OCH3 is 2. The van der Waals surface area contributed by atoms with Crippen LogP contribution in [0.3, 0.4) is 0 Å². The molecule has 2 N–H and O–H groups in total. The van der Waals surface area contributed by atoms with Crippen molar-refractivity contribution in [2.45, 2.75) is 39.3 Å². The van der Waals surface area contributed by atoms with Crippen LogP contribution in [0.2, 0.25) is 0 Å². The van der Waals surface area contributed by atoms with Gasteiger partial charge in [0.2, 0.25) is 0 Å². The molecular weight excluding hydrogens is 420 g/mol. The Balaban J connectivity index is 3.43. The van der Waals surface area contributed by atoms with E-state index in [2.05, 4.69) is 16.6 Å². The molecule has 1 unspecified atom stereocenters. The average molecular weight is 453 g/mol. The van der Waals surface area contributed by atoms with Crippen molar-refractivity contribution in [1.82, 2.24) is 5.32 Å². The number of aliphatic hydroxyl groups excluding tert-OH is 1. The number of carbonyl (C=O) groups excluding carboxylic acids is 3. The standard InChI is InChI=1S/C22H32N2O8/c1-6-11-32-22(28)24(19(25)7-2)16-14-18(31-12-9-10-20(26)30-5)17(29-4)13-15(16)21(27)23-8-3/h6,13-14,19,25H,1,7-12H2,2-5H3,(H,23,27). The molecule has 0 bridgehead atoms. The molecule has 32 heavy (non-hydrogen) atoms. The first-order valence-electron chi connectivity index (χ1n) is 10.3. The Morgan fingerprint density at radius 1 is 1.22 bits per heavy atom. The number of aliphatic hydroxyl groups is 1. The SMILES string of the molecule is C=CCOC(=O)N(c1cc(OCCCC(=O)OC)c(OC)cc1C(=O)NCC)C(O)CC. The number of benzene rings is 1. The minimum absolute atomic E-state index is 0.0741. The molecule has 10 heteroatoms. The third kappa shape index (κ3) is 7.45. The van der Waals surface area contributed by atoms with E-state index >= 15 is 0 Å². The van der Waals surface area contributed by atoms with Crippen molar-refractivity contribution in [2.24, 2.45) is 0 Å². The van der Waals surface area contributed by atoms with Crippen molar-refractivity contribution >= 4 is 23.7 Å². The number of amides is 2. The molecule has 0 spiro atoms. The minimum Gasteiger partial charge on any atom is -0.493 e. The second-order valence-corrected chi connectivity index (χ2v) is 6.53. The van der Waals surface area contributed by atoms with Crippen LogP contribution in [-0.4, -0.2) is 63.3 Å². The molecule has 1 aromatic rings. The normalized spacial score (nSPS) is 11.2. The van der Waals surface area contributed by atoms with E-state index in [-0.39, 0.29) is 54.8 Å². The topological polar surface area (TPSA) is 124 Å². The van der Waals surface area contributed by atoms with Crippen molar-refractivity contribution in [2.75, 3.05) is 38.9 Å². The molecule has 178 valence electrons. The number of hydrogen-bond acceptors (Lipinski definition) is 8. The Morgan fingerprint density at radius 2 is 1.94 bits per heavy atom. The van der Waals surface area contributed by atoms with Gasteiger partial charge in [0.1, 0.15) is 12.8 Å². The molecule has 1 rings (SSSR count). The van der Waals surface area contributed by atoms with Crippen molar-refractivity contribution in [3.05, 3.63) is 30.4 Å². The smallest absolute Gasteiger partial charge is 0.416 e. The third-order valence-corrected chi connectivity index (χ3v) is 4.32. The first kappa shape index (κ1) is 26.8. The zero-order chi connectivity index (χ0) is 24.1. The van der Waals surface area contributed by atoms with Crippen LogP contribution < -0.4 is 19.7 Å². The van der Waals surface area contributed by atoms with Gasteiger partial charge >= 0.3 is 12.1 Å². The van der Waals surface area contributed by atoms with Crippen LogP contribution in [0.15, 0.2) is 24.8 Å². The molecule has 0 aromatic heterocycles. The van der Waals surface area contributed by atoms with E-state index in [4.69, 9.17) is 14.2 Å². The van der Waals surface area contributed by atoms with Gasteiger partial charge in [-0.15, -0.1) is 0 Å². The maximum atomic E-state index is 12.7. The van der Waals surface area contributed by atoms with Crippen molar-refractivity contribution < 1.29 is 38.4 Å². The molecule has 2 amide bonds. The van der Waals surface area contributed by atoms with E-state index in [0.29, 0.717) is 13.0 Å². The van der Waals surface area contributed by atoms with E-state index in [9.17, 15) is 19.5 Å². The van der Waals surface area contributed by atoms with Crippen molar-refractivity contribution in [3.8, 4) is 11.5 Å². The van der Waals surface area contributed by atoms with E-state index in [1.165, 1.54) is 32.4 Å². The number of nitrogens with zero attached hydrogens (tertiary/aromatic N) is 1. The van der Waals surface area contributed by atoms with Crippen LogP contribution in [0.5, 0.6) is 11.5 Å². The van der Waals surface area contributed by atoms with Crippen LogP contribution in [0, 0.1) is 0 Å². The number of ether oxygens (including phenoxy) is 4. The molecular formula is C22H32N2O8. The zero-order valence-corrected chi connectivity index (χ0v) is 19.0. The first-order valence-corrected chi connectivity index (χ1v) is 10.3. The van der Waals surface area contributed by atoms with Crippen LogP contribution >= 0.6 is 0 Å². The Kier molecular flexibility index (Phi) is 11.6. The van der Waals surface area contributed by atoms with Gasteiger partial charge in [0.15, 0.2) is 11.5 Å². The molecule has 0 saturated carbocycles. The van der Waals surface area contributed by atoms with Gasteiger partial charge in [-0.05, 0) is 25.8 Å². The van der Waals surface area contributed by atoms with Crippen molar-refractivity contribution in [1.29, 1.82) is 0 Å². The fourth-order valence-electron chi connectivity index (χ4n) is 2.72. The van der Waals surface area contributed by atoms with E-state index in [1.54, 1.807) is 13.8 Å². The number of esters is 1. The molecule has 0 aliphatic carbocycles. The molecule has 1 atom stereocenters. The predicted octanol–water partition coefficient (Wildman–Crippen LogP) is 2.63. The summed E-state index contributed by atoms with van der Waals surface area (Å²) in [6.07, 6.45) is -0.00135. The summed E-state index contributed by atoms with van der Waals surface area (Å²) in [5, 5.41) is 13.2. The van der Waals surface area contributed by atoms with Gasteiger partial charge in [0, 0.05) is 19.0 Å². The summed E-state index contributed by atoms with van der Waals surface area (Å²) in [6, 6.07) is 2.85. The number of carbonyl (C=O) groups is 3. The minimum atomic E-state index is -1.26. The monoisotopic (exact) mass is 452 g/mol. The molecule has 0 aliphatic heterocycles. The number of hydrogen-bond donors (Lipinski definition) is 2. The maximum absolute atomic E-state index is 12.7. The molecule has 1 aromatic carbocycles. The molecule has 0 aliphatic rings. The number of anilines is 1. The quantitative estimate of drug-likeness (QED) is 0.203. The summed E-state index contributed by atoms with van der Waals surface area (Å²) in [5.41, 5.74) is 0.178. The zero-order valence-electron chi connectivity index (χ0n) is 19.0. The van der Waals surface area contributed by atoms with Crippen LogP contribution in [0.25, 0.3) is 0 Å². The third-order valence-electron chi connectivity index (χ3n) is 4.32. The highest BCUT2D eigenvalue weighted by Gasteiger charge is 2.30. The lowest BCUT2D eigenvalue weighted by Gasteiger charge is -2.29. The number of nitrogens with one attached hydrogen (secondary N) is 1. The van der Waals surface area contributed by atoms with Gasteiger partial charge in [0.05, 0.1) is 32.1 Å². The molecule has 0 heterocycles. The summed E-state index contributed by atoms with van der Waals surface area (Å²) in [5.74, 6) is -0.360. The molecule has 10 nitrogen and oxygen atoms in total. The predicted molar refractivity (Wildman–Crippen MR) is 118 cm³/mol. The second kappa shape index (κ2) is 13.9. The van der Waals surface area contributed by atoms with Crippen LogP contribution in [0.1, 0.15) is 43.5 Å². The Bertz CT molecular complexity index is 796. The molecule has 0 fully saturated rings. The highest BCUT2D eigenvalue weighted by Crippen LogP contribution is 2.37. The van der Waals surface area contributed by atoms with Crippen LogP contribution in [0.4, 0.5) is 10.5 Å². The lowest BCUT2D eigenvalue weighted by Crippen LogP contribution is -2.42. The Hall–Kier alpha value is -3.27. The van der Waals surface area contributed by atoms with Gasteiger partial charge in [0.25, 0.3) is 5.91 Å².